The highest BCUT2D eigenvalue weighted by Crippen LogP contribution is 2.21. The number of hydrogen-bond acceptors (Lipinski definition) is 7. The normalized spacial score (nSPS) is 10.7. The monoisotopic (exact) mass is 398 g/mol. The van der Waals surface area contributed by atoms with Crippen molar-refractivity contribution < 1.29 is 13.9 Å². The Balaban J connectivity index is 1.94. The number of anilines is 2. The van der Waals surface area contributed by atoms with Crippen LogP contribution in [0.1, 0.15) is 27.4 Å². The zero-order chi connectivity index (χ0) is 21.1. The standard InChI is InChI=1S/C20H22N4O5/c1-12-15(19(26)28-3)9-14(29-12)11-23(2)16-17(21)24(20(27)22-18(16)25)10-13-7-5-4-6-8-13/h4-9H,10-11,21H2,1-3H3,(H,22,25,27). The lowest BCUT2D eigenvalue weighted by Gasteiger charge is -2.21. The highest BCUT2D eigenvalue weighted by Gasteiger charge is 2.20. The Kier molecular flexibility index (Phi) is 5.58. The van der Waals surface area contributed by atoms with Crippen molar-refractivity contribution in [3.63, 3.8) is 0 Å². The lowest BCUT2D eigenvalue weighted by molar-refractivity contribution is 0.0599. The molecule has 9 heteroatoms. The van der Waals surface area contributed by atoms with E-state index in [0.717, 1.165) is 5.56 Å². The third-order valence-electron chi connectivity index (χ3n) is 4.55. The molecule has 2 aromatic heterocycles. The SMILES string of the molecule is COC(=O)c1cc(CN(C)c2c(N)n(Cc3ccccc3)c(=O)[nH]c2=O)oc1C. The summed E-state index contributed by atoms with van der Waals surface area (Å²) in [6.07, 6.45) is 0. The van der Waals surface area contributed by atoms with Crippen molar-refractivity contribution in [3.8, 4) is 0 Å². The van der Waals surface area contributed by atoms with Gasteiger partial charge in [0.1, 0.15) is 28.6 Å². The number of nitrogens with one attached hydrogen (secondary N) is 1. The van der Waals surface area contributed by atoms with E-state index in [2.05, 4.69) is 4.98 Å². The molecule has 0 spiro atoms. The minimum atomic E-state index is -0.601. The Labute approximate surface area is 166 Å². The fraction of sp³-hybridized carbons (Fsp3) is 0.250. The molecule has 0 unspecified atom stereocenters. The summed E-state index contributed by atoms with van der Waals surface area (Å²) in [5.41, 5.74) is 6.31. The van der Waals surface area contributed by atoms with Crippen LogP contribution in [0.25, 0.3) is 0 Å². The van der Waals surface area contributed by atoms with Gasteiger partial charge in [-0.15, -0.1) is 0 Å². The minimum absolute atomic E-state index is 0.0431. The number of rotatable bonds is 6. The molecule has 152 valence electrons. The van der Waals surface area contributed by atoms with E-state index in [4.69, 9.17) is 14.9 Å². The fourth-order valence-corrected chi connectivity index (χ4v) is 3.12. The smallest absolute Gasteiger partial charge is 0.341 e. The molecule has 0 amide bonds. The van der Waals surface area contributed by atoms with E-state index in [-0.39, 0.29) is 24.6 Å². The number of methoxy groups -OCH3 is 1. The molecule has 0 aliphatic carbocycles. The van der Waals surface area contributed by atoms with Gasteiger partial charge in [0.25, 0.3) is 5.56 Å². The van der Waals surface area contributed by atoms with Gasteiger partial charge in [0.15, 0.2) is 0 Å². The lowest BCUT2D eigenvalue weighted by atomic mass is 10.2. The molecule has 0 radical (unpaired) electrons. The summed E-state index contributed by atoms with van der Waals surface area (Å²) in [4.78, 5) is 40.3. The number of carbonyl (C=O) groups excluding carboxylic acids is 1. The van der Waals surface area contributed by atoms with Crippen LogP contribution in [0.15, 0.2) is 50.4 Å². The molecule has 3 aromatic rings. The Morgan fingerprint density at radius 2 is 1.97 bits per heavy atom. The van der Waals surface area contributed by atoms with Crippen LogP contribution in [0.5, 0.6) is 0 Å². The zero-order valence-corrected chi connectivity index (χ0v) is 16.4. The van der Waals surface area contributed by atoms with E-state index in [1.54, 1.807) is 24.9 Å². The number of carbonyl (C=O) groups is 1. The first-order valence-electron chi connectivity index (χ1n) is 8.87. The Morgan fingerprint density at radius 3 is 2.62 bits per heavy atom. The highest BCUT2D eigenvalue weighted by molar-refractivity contribution is 5.90. The average molecular weight is 398 g/mol. The van der Waals surface area contributed by atoms with Crippen LogP contribution in [0.3, 0.4) is 0 Å². The third-order valence-corrected chi connectivity index (χ3v) is 4.55. The van der Waals surface area contributed by atoms with Crippen molar-refractivity contribution >= 4 is 17.5 Å². The van der Waals surface area contributed by atoms with Crippen LogP contribution in [0.4, 0.5) is 11.5 Å². The van der Waals surface area contributed by atoms with Crippen LogP contribution < -0.4 is 21.9 Å². The number of aromatic amines is 1. The first-order valence-corrected chi connectivity index (χ1v) is 8.87. The molecule has 0 saturated heterocycles. The van der Waals surface area contributed by atoms with Crippen LogP contribution >= 0.6 is 0 Å². The number of esters is 1. The van der Waals surface area contributed by atoms with E-state index in [1.165, 1.54) is 11.7 Å². The van der Waals surface area contributed by atoms with Gasteiger partial charge >= 0.3 is 11.7 Å². The van der Waals surface area contributed by atoms with Crippen LogP contribution in [-0.4, -0.2) is 29.7 Å². The van der Waals surface area contributed by atoms with Gasteiger partial charge in [0.05, 0.1) is 20.2 Å². The minimum Gasteiger partial charge on any atom is -0.465 e. The Bertz CT molecular complexity index is 1140. The second kappa shape index (κ2) is 8.09. The van der Waals surface area contributed by atoms with Gasteiger partial charge in [-0.1, -0.05) is 30.3 Å². The van der Waals surface area contributed by atoms with Gasteiger partial charge < -0.3 is 19.8 Å². The second-order valence-electron chi connectivity index (χ2n) is 6.60. The number of aromatic nitrogens is 2. The molecular weight excluding hydrogens is 376 g/mol. The van der Waals surface area contributed by atoms with Gasteiger partial charge in [-0.3, -0.25) is 14.3 Å². The number of hydrogen-bond donors (Lipinski definition) is 2. The van der Waals surface area contributed by atoms with E-state index >= 15 is 0 Å². The molecular formula is C20H22N4O5. The predicted molar refractivity (Wildman–Crippen MR) is 108 cm³/mol. The average Bonchev–Trinajstić information content (AvgIpc) is 3.05. The molecule has 3 rings (SSSR count). The van der Waals surface area contributed by atoms with Gasteiger partial charge in [-0.25, -0.2) is 9.59 Å². The molecule has 29 heavy (non-hydrogen) atoms. The molecule has 0 bridgehead atoms. The molecule has 1 aromatic carbocycles. The summed E-state index contributed by atoms with van der Waals surface area (Å²) in [6, 6.07) is 10.9. The number of furan rings is 1. The van der Waals surface area contributed by atoms with Crippen molar-refractivity contribution in [1.29, 1.82) is 0 Å². The van der Waals surface area contributed by atoms with Crippen molar-refractivity contribution in [2.45, 2.75) is 20.0 Å². The summed E-state index contributed by atoms with van der Waals surface area (Å²) in [5, 5.41) is 0. The summed E-state index contributed by atoms with van der Waals surface area (Å²) in [6.45, 7) is 2.03. The number of nitrogens with zero attached hydrogens (tertiary/aromatic N) is 2. The van der Waals surface area contributed by atoms with Gasteiger partial charge in [0, 0.05) is 7.05 Å². The summed E-state index contributed by atoms with van der Waals surface area (Å²) in [7, 11) is 2.94. The summed E-state index contributed by atoms with van der Waals surface area (Å²) >= 11 is 0. The number of nitrogen functional groups attached to an aromatic ring is 1. The first kappa shape index (κ1) is 20.0. The van der Waals surface area contributed by atoms with Gasteiger partial charge in [-0.2, -0.15) is 0 Å². The molecule has 9 nitrogen and oxygen atoms in total. The Hall–Kier alpha value is -3.75. The zero-order valence-electron chi connectivity index (χ0n) is 16.4. The maximum absolute atomic E-state index is 12.4. The summed E-state index contributed by atoms with van der Waals surface area (Å²) < 4.78 is 11.6. The fourth-order valence-electron chi connectivity index (χ4n) is 3.12. The molecule has 3 N–H and O–H groups in total. The first-order chi connectivity index (χ1) is 13.8. The largest absolute Gasteiger partial charge is 0.465 e. The van der Waals surface area contributed by atoms with E-state index in [0.29, 0.717) is 17.1 Å². The number of ether oxygens (including phenoxy) is 1. The molecule has 2 heterocycles. The van der Waals surface area contributed by atoms with E-state index < -0.39 is 17.2 Å². The van der Waals surface area contributed by atoms with Crippen LogP contribution in [0.2, 0.25) is 0 Å². The lowest BCUT2D eigenvalue weighted by Crippen LogP contribution is -2.37. The number of aryl methyl sites for hydroxylation is 1. The maximum Gasteiger partial charge on any atom is 0.341 e. The number of H-pyrrole nitrogens is 1. The maximum atomic E-state index is 12.4. The topological polar surface area (TPSA) is 124 Å². The van der Waals surface area contributed by atoms with Crippen LogP contribution in [-0.2, 0) is 17.8 Å². The molecule has 0 aliphatic rings. The van der Waals surface area contributed by atoms with Gasteiger partial charge in [0.2, 0.25) is 0 Å². The number of nitrogens with two attached hydrogens (primary N) is 1. The molecule has 0 saturated carbocycles. The van der Waals surface area contributed by atoms with Crippen molar-refractivity contribution in [3.05, 3.63) is 79.9 Å². The van der Waals surface area contributed by atoms with E-state index in [1.807, 2.05) is 30.3 Å². The van der Waals surface area contributed by atoms with E-state index in [9.17, 15) is 14.4 Å². The third kappa shape index (κ3) is 4.08. The van der Waals surface area contributed by atoms with Crippen LogP contribution in [0, 0.1) is 6.92 Å². The highest BCUT2D eigenvalue weighted by atomic mass is 16.5. The van der Waals surface area contributed by atoms with Crippen molar-refractivity contribution in [2.24, 2.45) is 0 Å². The van der Waals surface area contributed by atoms with Crippen molar-refractivity contribution in [1.82, 2.24) is 9.55 Å². The van der Waals surface area contributed by atoms with Crippen molar-refractivity contribution in [2.75, 3.05) is 24.8 Å². The quantitative estimate of drug-likeness (QED) is 0.603. The molecule has 0 aliphatic heterocycles. The van der Waals surface area contributed by atoms with Gasteiger partial charge in [-0.05, 0) is 18.6 Å². The molecule has 0 fully saturated rings. The second-order valence-corrected chi connectivity index (χ2v) is 6.60. The number of benzene rings is 1. The predicted octanol–water partition coefficient (Wildman–Crippen LogP) is 1.49. The summed E-state index contributed by atoms with van der Waals surface area (Å²) in [5.74, 6) is 0.400. The molecule has 0 atom stereocenters. The Morgan fingerprint density at radius 1 is 1.28 bits per heavy atom.